The summed E-state index contributed by atoms with van der Waals surface area (Å²) in [5.41, 5.74) is 9.62. The summed E-state index contributed by atoms with van der Waals surface area (Å²) in [5, 5.41) is 3.76. The molecule has 4 nitrogen and oxygen atoms in total. The summed E-state index contributed by atoms with van der Waals surface area (Å²) in [5.74, 6) is 0.846. The highest BCUT2D eigenvalue weighted by Crippen LogP contribution is 2.32. The number of quaternary nitrogens is 1. The highest BCUT2D eigenvalue weighted by atomic mass is 35.5. The molecule has 4 N–H and O–H groups in total. The highest BCUT2D eigenvalue weighted by Gasteiger charge is 2.12. The van der Waals surface area contributed by atoms with Gasteiger partial charge in [-0.25, -0.2) is 4.98 Å². The third-order valence-corrected chi connectivity index (χ3v) is 4.28. The van der Waals surface area contributed by atoms with Crippen LogP contribution in [0.4, 0.5) is 0 Å². The summed E-state index contributed by atoms with van der Waals surface area (Å²) >= 11 is 7.89. The largest absolute Gasteiger partial charge is 0.487 e. The van der Waals surface area contributed by atoms with Gasteiger partial charge in [-0.2, -0.15) is 0 Å². The van der Waals surface area contributed by atoms with E-state index in [1.165, 1.54) is 0 Å². The molecule has 2 heterocycles. The topological polar surface area (TPSA) is 65.5 Å². The quantitative estimate of drug-likeness (QED) is 0.778. The first-order valence-corrected chi connectivity index (χ1v) is 7.61. The number of rotatable bonds is 4. The summed E-state index contributed by atoms with van der Waals surface area (Å²) < 4.78 is 5.84. The molecule has 0 fully saturated rings. The molecule has 3 rings (SSSR count). The number of aryl methyl sites for hydroxylation is 1. The number of halogens is 1. The Morgan fingerprint density at radius 3 is 3.00 bits per heavy atom. The van der Waals surface area contributed by atoms with Crippen molar-refractivity contribution in [2.75, 3.05) is 0 Å². The standard InChI is InChI=1S/C14H14ClN3OS/c1-8-2-10-11(18-12(4-16)14(10)15)3-13(8)19-5-9-6-20-7-17-9/h2-3,6-7,18H,4-5,16H2,1H3/p+1. The predicted octanol–water partition coefficient (Wildman–Crippen LogP) is 2.91. The zero-order chi connectivity index (χ0) is 14.1. The second kappa shape index (κ2) is 5.44. The van der Waals surface area contributed by atoms with E-state index in [0.29, 0.717) is 13.2 Å². The third kappa shape index (κ3) is 2.40. The summed E-state index contributed by atoms with van der Waals surface area (Å²) in [6.07, 6.45) is 0. The number of hydrogen-bond acceptors (Lipinski definition) is 3. The molecule has 1 aromatic carbocycles. The number of aromatic nitrogens is 2. The van der Waals surface area contributed by atoms with Gasteiger partial charge in [0.2, 0.25) is 0 Å². The van der Waals surface area contributed by atoms with Crippen molar-refractivity contribution in [1.82, 2.24) is 9.97 Å². The number of H-pyrrole nitrogens is 1. The number of benzene rings is 1. The molecule has 2 aromatic heterocycles. The summed E-state index contributed by atoms with van der Waals surface area (Å²) in [4.78, 5) is 7.50. The molecule has 0 saturated heterocycles. The SMILES string of the molecule is Cc1cc2c(Cl)c(C[NH3+])[nH]c2cc1OCc1cscn1. The second-order valence-electron chi connectivity index (χ2n) is 4.60. The van der Waals surface area contributed by atoms with Crippen molar-refractivity contribution in [1.29, 1.82) is 0 Å². The maximum absolute atomic E-state index is 6.32. The molecule has 20 heavy (non-hydrogen) atoms. The van der Waals surface area contributed by atoms with Gasteiger partial charge in [-0.15, -0.1) is 11.3 Å². The molecule has 0 amide bonds. The van der Waals surface area contributed by atoms with Crippen molar-refractivity contribution in [3.05, 3.63) is 45.0 Å². The van der Waals surface area contributed by atoms with Crippen LogP contribution in [0.5, 0.6) is 5.75 Å². The van der Waals surface area contributed by atoms with Crippen LogP contribution in [0.1, 0.15) is 17.0 Å². The second-order valence-corrected chi connectivity index (χ2v) is 5.70. The first-order valence-electron chi connectivity index (χ1n) is 6.29. The van der Waals surface area contributed by atoms with E-state index in [1.807, 2.05) is 24.4 Å². The van der Waals surface area contributed by atoms with Gasteiger partial charge in [0.15, 0.2) is 0 Å². The number of fused-ring (bicyclic) bond motifs is 1. The minimum absolute atomic E-state index is 0.479. The molecule has 0 aliphatic rings. The number of nitrogens with one attached hydrogen (secondary N) is 1. The van der Waals surface area contributed by atoms with Gasteiger partial charge in [0, 0.05) is 16.8 Å². The molecule has 104 valence electrons. The Morgan fingerprint density at radius 2 is 2.30 bits per heavy atom. The minimum atomic E-state index is 0.479. The molecule has 0 bridgehead atoms. The number of hydrogen-bond donors (Lipinski definition) is 2. The molecule has 6 heteroatoms. The molecule has 0 spiro atoms. The van der Waals surface area contributed by atoms with Gasteiger partial charge in [0.05, 0.1) is 27.4 Å². The van der Waals surface area contributed by atoms with Crippen molar-refractivity contribution < 1.29 is 10.5 Å². The van der Waals surface area contributed by atoms with Crippen molar-refractivity contribution in [3.8, 4) is 5.75 Å². The lowest BCUT2D eigenvalue weighted by Gasteiger charge is -2.08. The molecule has 0 aliphatic carbocycles. The Morgan fingerprint density at radius 1 is 1.45 bits per heavy atom. The Bertz CT molecular complexity index is 737. The Hall–Kier alpha value is -1.56. The lowest BCUT2D eigenvalue weighted by Crippen LogP contribution is -2.47. The average molecular weight is 309 g/mol. The summed E-state index contributed by atoms with van der Waals surface area (Å²) in [6.45, 7) is 3.14. The normalized spacial score (nSPS) is 11.2. The van der Waals surface area contributed by atoms with Crippen molar-refractivity contribution in [2.45, 2.75) is 20.1 Å². The number of aromatic amines is 1. The molecular weight excluding hydrogens is 294 g/mol. The Kier molecular flexibility index (Phi) is 3.65. The van der Waals surface area contributed by atoms with Crippen LogP contribution in [0.25, 0.3) is 10.9 Å². The lowest BCUT2D eigenvalue weighted by molar-refractivity contribution is -0.387. The van der Waals surface area contributed by atoms with Gasteiger partial charge in [0.1, 0.15) is 18.9 Å². The van der Waals surface area contributed by atoms with E-state index < -0.39 is 0 Å². The van der Waals surface area contributed by atoms with E-state index >= 15 is 0 Å². The average Bonchev–Trinajstić information content (AvgIpc) is 3.05. The Labute approximate surface area is 125 Å². The fourth-order valence-corrected chi connectivity index (χ4v) is 2.98. The van der Waals surface area contributed by atoms with Crippen LogP contribution in [-0.4, -0.2) is 9.97 Å². The fourth-order valence-electron chi connectivity index (χ4n) is 2.14. The van der Waals surface area contributed by atoms with Crippen molar-refractivity contribution in [3.63, 3.8) is 0 Å². The van der Waals surface area contributed by atoms with Crippen LogP contribution >= 0.6 is 22.9 Å². The third-order valence-electron chi connectivity index (χ3n) is 3.21. The van der Waals surface area contributed by atoms with Crippen LogP contribution in [0.3, 0.4) is 0 Å². The van der Waals surface area contributed by atoms with Crippen molar-refractivity contribution >= 4 is 33.8 Å². The minimum Gasteiger partial charge on any atom is -0.487 e. The zero-order valence-electron chi connectivity index (χ0n) is 11.1. The van der Waals surface area contributed by atoms with E-state index in [9.17, 15) is 0 Å². The molecule has 0 unspecified atom stereocenters. The van der Waals surface area contributed by atoms with E-state index in [2.05, 4.69) is 15.7 Å². The van der Waals surface area contributed by atoms with Gasteiger partial charge in [-0.1, -0.05) is 11.6 Å². The summed E-state index contributed by atoms with van der Waals surface area (Å²) in [7, 11) is 0. The van der Waals surface area contributed by atoms with E-state index in [-0.39, 0.29) is 0 Å². The molecule has 3 aromatic rings. The van der Waals surface area contributed by atoms with E-state index in [1.54, 1.807) is 16.8 Å². The van der Waals surface area contributed by atoms with Crippen LogP contribution in [0.15, 0.2) is 23.0 Å². The van der Waals surface area contributed by atoms with Crippen molar-refractivity contribution in [2.24, 2.45) is 0 Å². The molecule has 0 saturated carbocycles. The van der Waals surface area contributed by atoms with Gasteiger partial charge < -0.3 is 15.5 Å². The number of thiazole rings is 1. The number of ether oxygens (including phenoxy) is 1. The van der Waals surface area contributed by atoms with Gasteiger partial charge in [-0.3, -0.25) is 0 Å². The summed E-state index contributed by atoms with van der Waals surface area (Å²) in [6, 6.07) is 4.03. The predicted molar refractivity (Wildman–Crippen MR) is 81.1 cm³/mol. The molecule has 0 radical (unpaired) electrons. The smallest absolute Gasteiger partial charge is 0.131 e. The van der Waals surface area contributed by atoms with Gasteiger partial charge >= 0.3 is 0 Å². The molecular formula is C14H15ClN3OS+. The van der Waals surface area contributed by atoms with Crippen LogP contribution in [0.2, 0.25) is 5.02 Å². The van der Waals surface area contributed by atoms with Gasteiger partial charge in [-0.05, 0) is 18.6 Å². The monoisotopic (exact) mass is 308 g/mol. The van der Waals surface area contributed by atoms with E-state index in [4.69, 9.17) is 16.3 Å². The lowest BCUT2D eigenvalue weighted by atomic mass is 10.1. The maximum Gasteiger partial charge on any atom is 0.131 e. The highest BCUT2D eigenvalue weighted by molar-refractivity contribution is 7.07. The first-order chi connectivity index (χ1) is 9.69. The van der Waals surface area contributed by atoms with Crippen LogP contribution in [0, 0.1) is 6.92 Å². The van der Waals surface area contributed by atoms with Crippen LogP contribution in [-0.2, 0) is 13.2 Å². The first kappa shape index (κ1) is 13.4. The molecule has 0 atom stereocenters. The van der Waals surface area contributed by atoms with Crippen LogP contribution < -0.4 is 10.5 Å². The molecule has 0 aliphatic heterocycles. The van der Waals surface area contributed by atoms with E-state index in [0.717, 1.165) is 38.6 Å². The van der Waals surface area contributed by atoms with Gasteiger partial charge in [0.25, 0.3) is 0 Å². The zero-order valence-corrected chi connectivity index (χ0v) is 12.6. The number of nitrogens with zero attached hydrogens (tertiary/aromatic N) is 1. The Balaban J connectivity index is 1.93. The maximum atomic E-state index is 6.32. The fraction of sp³-hybridized carbons (Fsp3) is 0.214.